The van der Waals surface area contributed by atoms with Crippen LogP contribution in [0.3, 0.4) is 0 Å². The summed E-state index contributed by atoms with van der Waals surface area (Å²) in [5.41, 5.74) is 6.08. The molecule has 0 spiro atoms. The van der Waals surface area contributed by atoms with Gasteiger partial charge in [0, 0.05) is 23.6 Å². The Morgan fingerprint density at radius 3 is 2.62 bits per heavy atom. The van der Waals surface area contributed by atoms with Gasteiger partial charge in [-0.15, -0.1) is 0 Å². The van der Waals surface area contributed by atoms with Crippen molar-refractivity contribution < 1.29 is 13.6 Å². The van der Waals surface area contributed by atoms with Crippen LogP contribution in [0.5, 0.6) is 0 Å². The maximum atomic E-state index is 13.7. The monoisotopic (exact) mass is 296 g/mol. The number of amides is 1. The molecule has 0 saturated heterocycles. The lowest BCUT2D eigenvalue weighted by molar-refractivity contribution is -0.123. The van der Waals surface area contributed by atoms with E-state index in [1.165, 1.54) is 12.1 Å². The molecule has 1 aromatic carbocycles. The molecule has 3 N–H and O–H groups in total. The van der Waals surface area contributed by atoms with Crippen LogP contribution >= 0.6 is 0 Å². The molecule has 1 fully saturated rings. The Bertz CT molecular complexity index is 513. The lowest BCUT2D eigenvalue weighted by Crippen LogP contribution is -2.46. The summed E-state index contributed by atoms with van der Waals surface area (Å²) in [7, 11) is 0. The van der Waals surface area contributed by atoms with Crippen LogP contribution in [0.1, 0.15) is 57.1 Å². The second kappa shape index (κ2) is 6.52. The molecule has 0 bridgehead atoms. The van der Waals surface area contributed by atoms with E-state index in [1.54, 1.807) is 6.92 Å². The van der Waals surface area contributed by atoms with Crippen LogP contribution in [-0.4, -0.2) is 11.4 Å². The summed E-state index contributed by atoms with van der Waals surface area (Å²) >= 11 is 0. The van der Waals surface area contributed by atoms with Crippen molar-refractivity contribution >= 4 is 5.91 Å². The topological polar surface area (TPSA) is 55.1 Å². The fourth-order valence-electron chi connectivity index (χ4n) is 2.98. The third-order valence-electron chi connectivity index (χ3n) is 4.17. The maximum absolute atomic E-state index is 13.7. The minimum Gasteiger partial charge on any atom is -0.349 e. The van der Waals surface area contributed by atoms with E-state index in [2.05, 4.69) is 5.32 Å². The first kappa shape index (κ1) is 15.9. The van der Waals surface area contributed by atoms with Gasteiger partial charge in [0.2, 0.25) is 5.91 Å². The van der Waals surface area contributed by atoms with E-state index in [0.29, 0.717) is 0 Å². The quantitative estimate of drug-likeness (QED) is 0.896. The Morgan fingerprint density at radius 2 is 2.00 bits per heavy atom. The number of rotatable bonds is 4. The van der Waals surface area contributed by atoms with E-state index in [1.807, 2.05) is 0 Å². The predicted molar refractivity (Wildman–Crippen MR) is 77.5 cm³/mol. The van der Waals surface area contributed by atoms with Gasteiger partial charge in [0.25, 0.3) is 0 Å². The Kier molecular flexibility index (Phi) is 4.93. The predicted octanol–water partition coefficient (Wildman–Crippen LogP) is 3.19. The summed E-state index contributed by atoms with van der Waals surface area (Å²) in [6.07, 6.45) is 5.20. The van der Waals surface area contributed by atoms with Crippen LogP contribution in [0.15, 0.2) is 18.2 Å². The number of halogens is 2. The Balaban J connectivity index is 1.95. The second-order valence-corrected chi connectivity index (χ2v) is 6.05. The zero-order chi connectivity index (χ0) is 15.5. The highest BCUT2D eigenvalue weighted by Crippen LogP contribution is 2.29. The summed E-state index contributed by atoms with van der Waals surface area (Å²) in [6.45, 7) is 1.68. The molecule has 1 unspecified atom stereocenters. The normalized spacial score (nSPS) is 19.0. The van der Waals surface area contributed by atoms with Crippen LogP contribution < -0.4 is 11.1 Å². The van der Waals surface area contributed by atoms with Gasteiger partial charge < -0.3 is 11.1 Å². The van der Waals surface area contributed by atoms with Crippen molar-refractivity contribution in [3.05, 3.63) is 35.4 Å². The Morgan fingerprint density at radius 1 is 1.33 bits per heavy atom. The first-order valence-corrected chi connectivity index (χ1v) is 7.43. The van der Waals surface area contributed by atoms with Crippen molar-refractivity contribution in [2.45, 2.75) is 57.0 Å². The largest absolute Gasteiger partial charge is 0.349 e. The number of carbonyl (C=O) groups is 1. The van der Waals surface area contributed by atoms with E-state index in [-0.39, 0.29) is 17.9 Å². The first-order valence-electron chi connectivity index (χ1n) is 7.43. The number of nitrogens with one attached hydrogen (secondary N) is 1. The molecule has 3 nitrogen and oxygen atoms in total. The van der Waals surface area contributed by atoms with Crippen molar-refractivity contribution in [1.82, 2.24) is 5.32 Å². The number of hydrogen-bond donors (Lipinski definition) is 2. The second-order valence-electron chi connectivity index (χ2n) is 6.05. The lowest BCUT2D eigenvalue weighted by Gasteiger charge is -2.33. The third-order valence-corrected chi connectivity index (χ3v) is 4.17. The van der Waals surface area contributed by atoms with E-state index in [0.717, 1.165) is 38.2 Å². The highest BCUT2D eigenvalue weighted by molar-refractivity contribution is 5.77. The van der Waals surface area contributed by atoms with Gasteiger partial charge in [-0.2, -0.15) is 0 Å². The van der Waals surface area contributed by atoms with Gasteiger partial charge in [-0.3, -0.25) is 4.79 Å². The minimum absolute atomic E-state index is 0.185. The summed E-state index contributed by atoms with van der Waals surface area (Å²) in [4.78, 5) is 12.1. The van der Waals surface area contributed by atoms with E-state index >= 15 is 0 Å². The SMILES string of the molecule is CC(NC(=O)CC1(N)CCCCC1)c1ccc(F)cc1F. The highest BCUT2D eigenvalue weighted by atomic mass is 19.1. The van der Waals surface area contributed by atoms with Gasteiger partial charge in [0.1, 0.15) is 11.6 Å². The molecule has 116 valence electrons. The molecule has 21 heavy (non-hydrogen) atoms. The number of carbonyl (C=O) groups excluding carboxylic acids is 1. The number of benzene rings is 1. The molecule has 2 rings (SSSR count). The maximum Gasteiger partial charge on any atom is 0.222 e. The van der Waals surface area contributed by atoms with E-state index in [9.17, 15) is 13.6 Å². The standard InChI is InChI=1S/C16H22F2N2O/c1-11(13-6-5-12(17)9-14(13)18)20-15(21)10-16(19)7-3-2-4-8-16/h5-6,9,11H,2-4,7-8,10,19H2,1H3,(H,20,21). The summed E-state index contributed by atoms with van der Waals surface area (Å²) in [5, 5.41) is 2.75. The fraction of sp³-hybridized carbons (Fsp3) is 0.562. The molecule has 1 amide bonds. The molecule has 1 aliphatic carbocycles. The smallest absolute Gasteiger partial charge is 0.222 e. The average Bonchev–Trinajstić information content (AvgIpc) is 2.38. The molecule has 1 saturated carbocycles. The van der Waals surface area contributed by atoms with Crippen molar-refractivity contribution in [3.63, 3.8) is 0 Å². The Labute approximate surface area is 123 Å². The fourth-order valence-corrected chi connectivity index (χ4v) is 2.98. The molecule has 1 atom stereocenters. The van der Waals surface area contributed by atoms with Crippen LogP contribution in [-0.2, 0) is 4.79 Å². The molecule has 0 aliphatic heterocycles. The molecular weight excluding hydrogens is 274 g/mol. The van der Waals surface area contributed by atoms with Crippen LogP contribution in [0, 0.1) is 11.6 Å². The summed E-state index contributed by atoms with van der Waals surface area (Å²) in [5.74, 6) is -1.46. The lowest BCUT2D eigenvalue weighted by atomic mass is 9.80. The zero-order valence-electron chi connectivity index (χ0n) is 12.3. The zero-order valence-corrected chi connectivity index (χ0v) is 12.3. The summed E-state index contributed by atoms with van der Waals surface area (Å²) in [6, 6.07) is 2.86. The van der Waals surface area contributed by atoms with Crippen molar-refractivity contribution in [2.75, 3.05) is 0 Å². The van der Waals surface area contributed by atoms with E-state index in [4.69, 9.17) is 5.73 Å². The van der Waals surface area contributed by atoms with Gasteiger partial charge in [0.15, 0.2) is 0 Å². The molecule has 0 radical (unpaired) electrons. The van der Waals surface area contributed by atoms with Crippen LogP contribution in [0.2, 0.25) is 0 Å². The van der Waals surface area contributed by atoms with Gasteiger partial charge in [-0.25, -0.2) is 8.78 Å². The molecule has 1 aliphatic rings. The molecule has 0 heterocycles. The van der Waals surface area contributed by atoms with Gasteiger partial charge in [-0.1, -0.05) is 25.3 Å². The first-order chi connectivity index (χ1) is 9.89. The van der Waals surface area contributed by atoms with Crippen molar-refractivity contribution in [1.29, 1.82) is 0 Å². The van der Waals surface area contributed by atoms with Gasteiger partial charge in [-0.05, 0) is 25.8 Å². The van der Waals surface area contributed by atoms with Crippen LogP contribution in [0.25, 0.3) is 0 Å². The molecular formula is C16H22F2N2O. The number of hydrogen-bond acceptors (Lipinski definition) is 2. The number of nitrogens with two attached hydrogens (primary N) is 1. The van der Waals surface area contributed by atoms with Crippen LogP contribution in [0.4, 0.5) is 8.78 Å². The minimum atomic E-state index is -0.650. The molecule has 0 aromatic heterocycles. The molecule has 1 aromatic rings. The van der Waals surface area contributed by atoms with E-state index < -0.39 is 23.2 Å². The Hall–Kier alpha value is -1.49. The van der Waals surface area contributed by atoms with Gasteiger partial charge >= 0.3 is 0 Å². The van der Waals surface area contributed by atoms with Crippen molar-refractivity contribution in [2.24, 2.45) is 5.73 Å². The third kappa shape index (κ3) is 4.24. The molecule has 5 heteroatoms. The average molecular weight is 296 g/mol. The summed E-state index contributed by atoms with van der Waals surface area (Å²) < 4.78 is 26.6. The highest BCUT2D eigenvalue weighted by Gasteiger charge is 2.30. The van der Waals surface area contributed by atoms with Crippen molar-refractivity contribution in [3.8, 4) is 0 Å². The van der Waals surface area contributed by atoms with Gasteiger partial charge in [0.05, 0.1) is 6.04 Å².